The maximum atomic E-state index is 13.3. The number of carboxylic acids is 1. The number of nitrogens with two attached hydrogens (primary N) is 2. The largest absolute Gasteiger partial charge is 0.724 e. The zero-order valence-electron chi connectivity index (χ0n) is 24.0. The third-order valence-corrected chi connectivity index (χ3v) is 7.71. The van der Waals surface area contributed by atoms with Gasteiger partial charge in [-0.05, 0) is 32.9 Å². The van der Waals surface area contributed by atoms with Crippen molar-refractivity contribution in [2.75, 3.05) is 18.9 Å². The van der Waals surface area contributed by atoms with Crippen molar-refractivity contribution in [1.29, 1.82) is 0 Å². The summed E-state index contributed by atoms with van der Waals surface area (Å²) >= 11 is 0.973. The van der Waals surface area contributed by atoms with Crippen LogP contribution in [-0.2, 0) is 40.4 Å². The highest BCUT2D eigenvalue weighted by Crippen LogP contribution is 2.40. The summed E-state index contributed by atoms with van der Waals surface area (Å²) in [5, 5.41) is 15.3. The molecule has 3 aromatic heterocycles. The van der Waals surface area contributed by atoms with E-state index in [4.69, 9.17) is 21.0 Å². The molecular formula is C25H30N8O10S2. The Kier molecular flexibility index (Phi) is 10.1. The summed E-state index contributed by atoms with van der Waals surface area (Å²) < 4.78 is 46.4. The second-order valence-electron chi connectivity index (χ2n) is 10.3. The second-order valence-corrected chi connectivity index (χ2v) is 12.1. The predicted octanol–water partition coefficient (Wildman–Crippen LogP) is -0.612. The van der Waals surface area contributed by atoms with Gasteiger partial charge in [-0.3, -0.25) is 9.59 Å². The first kappa shape index (κ1) is 33.4. The van der Waals surface area contributed by atoms with Gasteiger partial charge < -0.3 is 30.7 Å². The monoisotopic (exact) mass is 666 g/mol. The number of thiazole rings is 1. The Bertz CT molecular complexity index is 1690. The number of ether oxygens (including phenoxy) is 1. The molecular weight excluding hydrogens is 636 g/mol. The van der Waals surface area contributed by atoms with Crippen LogP contribution < -0.4 is 20.8 Å². The fraction of sp³-hybridized carbons (Fsp3) is 0.400. The molecule has 1 saturated heterocycles. The molecule has 20 heteroatoms. The zero-order chi connectivity index (χ0) is 32.9. The lowest BCUT2D eigenvalue weighted by Gasteiger charge is -2.51. The quantitative estimate of drug-likeness (QED) is 0.0430. The Balaban J connectivity index is 1.44. The van der Waals surface area contributed by atoms with E-state index >= 15 is 0 Å². The number of carbonyl (C=O) groups is 3. The summed E-state index contributed by atoms with van der Waals surface area (Å²) in [5.41, 5.74) is 9.41. The summed E-state index contributed by atoms with van der Waals surface area (Å²) in [5.74, 6) is -3.45. The third kappa shape index (κ3) is 8.16. The van der Waals surface area contributed by atoms with Crippen LogP contribution in [0.25, 0.3) is 5.82 Å². The molecule has 3 aromatic rings. The Morgan fingerprint density at radius 2 is 2.09 bits per heavy atom. The Labute approximate surface area is 260 Å². The number of hydrogen-bond acceptors (Lipinski definition) is 15. The molecule has 0 aliphatic carbocycles. The maximum Gasteiger partial charge on any atom is 0.351 e. The van der Waals surface area contributed by atoms with Gasteiger partial charge in [0.1, 0.15) is 30.4 Å². The van der Waals surface area contributed by atoms with Crippen molar-refractivity contribution in [1.82, 2.24) is 19.6 Å². The smallest absolute Gasteiger partial charge is 0.351 e. The Hall–Kier alpha value is -4.50. The van der Waals surface area contributed by atoms with Crippen molar-refractivity contribution in [3.63, 3.8) is 0 Å². The number of ketones is 1. The molecule has 2 atom stereocenters. The number of amides is 1. The van der Waals surface area contributed by atoms with Crippen molar-refractivity contribution in [3.05, 3.63) is 48.1 Å². The molecule has 18 nitrogen and oxygen atoms in total. The van der Waals surface area contributed by atoms with Gasteiger partial charge in [0.15, 0.2) is 16.6 Å². The average Bonchev–Trinajstić information content (AvgIpc) is 3.64. The minimum atomic E-state index is -5.24. The number of imidazole rings is 1. The molecule has 0 aromatic carbocycles. The number of anilines is 1. The van der Waals surface area contributed by atoms with Gasteiger partial charge in [-0.25, -0.2) is 27.7 Å². The fourth-order valence-corrected chi connectivity index (χ4v) is 5.26. The molecule has 1 aliphatic heterocycles. The van der Waals surface area contributed by atoms with Crippen LogP contribution in [0, 0.1) is 5.92 Å². The highest BCUT2D eigenvalue weighted by Gasteiger charge is 2.57. The van der Waals surface area contributed by atoms with Gasteiger partial charge in [0, 0.05) is 17.9 Å². The van der Waals surface area contributed by atoms with E-state index in [0.29, 0.717) is 17.4 Å². The van der Waals surface area contributed by atoms with E-state index in [1.807, 2.05) is 23.3 Å². The first-order chi connectivity index (χ1) is 21.2. The van der Waals surface area contributed by atoms with E-state index in [1.54, 1.807) is 16.7 Å². The number of carbonyl (C=O) groups excluding carboxylic acids is 2. The topological polar surface area (TPSA) is 259 Å². The van der Waals surface area contributed by atoms with Crippen LogP contribution in [0.1, 0.15) is 32.4 Å². The molecule has 0 saturated carbocycles. The van der Waals surface area contributed by atoms with Gasteiger partial charge in [-0.15, -0.1) is 11.3 Å². The minimum absolute atomic E-state index is 0.0403. The first-order valence-electron chi connectivity index (χ1n) is 13.3. The van der Waals surface area contributed by atoms with Crippen molar-refractivity contribution >= 4 is 50.2 Å². The Morgan fingerprint density at radius 3 is 2.67 bits per heavy atom. The number of hydroxylamine groups is 2. The summed E-state index contributed by atoms with van der Waals surface area (Å²) in [4.78, 5) is 51.2. The van der Waals surface area contributed by atoms with Crippen LogP contribution in [0.15, 0.2) is 47.6 Å². The van der Waals surface area contributed by atoms with Crippen molar-refractivity contribution < 1.29 is 50.9 Å². The van der Waals surface area contributed by atoms with Crippen LogP contribution in [0.3, 0.4) is 0 Å². The molecule has 4 rings (SSSR count). The molecule has 1 fully saturated rings. The predicted molar refractivity (Wildman–Crippen MR) is 153 cm³/mol. The van der Waals surface area contributed by atoms with Gasteiger partial charge >= 0.3 is 5.97 Å². The highest BCUT2D eigenvalue weighted by atomic mass is 32.3. The number of oxime groups is 1. The number of hydrogen-bond donors (Lipinski definition) is 3. The zero-order valence-corrected chi connectivity index (χ0v) is 25.6. The van der Waals surface area contributed by atoms with E-state index in [2.05, 4.69) is 19.4 Å². The summed E-state index contributed by atoms with van der Waals surface area (Å²) in [7, 11) is -5.24. The van der Waals surface area contributed by atoms with E-state index in [0.717, 1.165) is 24.3 Å². The fourth-order valence-electron chi connectivity index (χ4n) is 4.26. The van der Waals surface area contributed by atoms with Crippen molar-refractivity contribution in [2.45, 2.75) is 44.9 Å². The van der Waals surface area contributed by atoms with Crippen LogP contribution >= 0.6 is 11.3 Å². The number of aromatic nitrogens is 4. The van der Waals surface area contributed by atoms with Crippen LogP contribution in [0.5, 0.6) is 5.75 Å². The molecule has 0 bridgehead atoms. The van der Waals surface area contributed by atoms with Gasteiger partial charge in [0.05, 0.1) is 24.2 Å². The Morgan fingerprint density at radius 1 is 1.33 bits per heavy atom. The number of aryl methyl sites for hydroxylation is 1. The molecule has 0 radical (unpaired) electrons. The van der Waals surface area contributed by atoms with Crippen molar-refractivity contribution in [2.24, 2.45) is 16.8 Å². The van der Waals surface area contributed by atoms with Crippen molar-refractivity contribution in [3.8, 4) is 11.6 Å². The SMILES string of the molecule is CC1(C)[C@H](CC(=O)/C(=N\O[C@@H](COc2ccc(-n3cc[n+](CCCN)c3)nc2)C(=O)O)c2csc(N)n2)C(=O)N1OS(=O)(=O)[O-]. The molecule has 242 valence electrons. The van der Waals surface area contributed by atoms with E-state index in [9.17, 15) is 32.5 Å². The number of Topliss-reactive ketones (excluding diaryl/α,β-unsaturated/α-hetero) is 1. The van der Waals surface area contributed by atoms with E-state index in [1.165, 1.54) is 25.4 Å². The lowest BCUT2D eigenvalue weighted by atomic mass is 9.74. The van der Waals surface area contributed by atoms with Crippen LogP contribution in [0.4, 0.5) is 5.13 Å². The number of carboxylic acid groups (broad SMARTS) is 1. The van der Waals surface area contributed by atoms with Crippen LogP contribution in [-0.4, -0.2) is 85.8 Å². The minimum Gasteiger partial charge on any atom is -0.724 e. The molecule has 1 aliphatic rings. The average molecular weight is 667 g/mol. The van der Waals surface area contributed by atoms with Gasteiger partial charge in [-0.2, -0.15) is 13.9 Å². The van der Waals surface area contributed by atoms with Gasteiger partial charge in [-0.1, -0.05) is 5.16 Å². The number of rotatable bonds is 16. The van der Waals surface area contributed by atoms with Gasteiger partial charge in [0.25, 0.3) is 12.0 Å². The molecule has 4 heterocycles. The number of nitrogen functional groups attached to an aromatic ring is 1. The third-order valence-electron chi connectivity index (χ3n) is 6.70. The number of nitrogens with zero attached hydrogens (tertiary/aromatic N) is 6. The highest BCUT2D eigenvalue weighted by molar-refractivity contribution is 7.80. The first-order valence-corrected chi connectivity index (χ1v) is 15.5. The second kappa shape index (κ2) is 13.6. The standard InChI is InChI=1S/C25H30N8O10S2/c1-25(2)16(22(35)33(25)43-45(38,39)40)10-18(34)21(17-13-44-24(27)29-17)30-42-19(23(36)37)12-41-15-4-5-20(28-11-15)32-9-8-31(14-32)7-3-6-26/h4-5,8-9,11,13-14,16,19H,3,6-7,10,12,26H2,1-2H3,(H3-,27,29,36,37,38,39,40)/b30-21-/t16-,19+/m1/s1. The lowest BCUT2D eigenvalue weighted by Crippen LogP contribution is -2.68. The molecule has 45 heavy (non-hydrogen) atoms. The molecule has 1 amide bonds. The summed E-state index contributed by atoms with van der Waals surface area (Å²) in [6.45, 7) is 3.59. The van der Waals surface area contributed by atoms with Crippen LogP contribution in [0.2, 0.25) is 0 Å². The van der Waals surface area contributed by atoms with E-state index < -0.39 is 64.4 Å². The lowest BCUT2D eigenvalue weighted by molar-refractivity contribution is -0.696. The molecule has 0 unspecified atom stereocenters. The van der Waals surface area contributed by atoms with Gasteiger partial charge in [0.2, 0.25) is 22.5 Å². The normalized spacial score (nSPS) is 17.1. The summed E-state index contributed by atoms with van der Waals surface area (Å²) in [6.07, 6.45) is 5.57. The molecule has 5 N–H and O–H groups in total. The van der Waals surface area contributed by atoms with E-state index in [-0.39, 0.29) is 16.6 Å². The number of pyridine rings is 1. The molecule has 0 spiro atoms. The number of β-lactam (4-membered cyclic amide) rings is 1. The number of aliphatic carboxylic acids is 1. The maximum absolute atomic E-state index is 13.3. The summed E-state index contributed by atoms with van der Waals surface area (Å²) in [6, 6.07) is 3.26.